The van der Waals surface area contributed by atoms with E-state index in [9.17, 15) is 0 Å². The number of methoxy groups -OCH3 is 2. The van der Waals surface area contributed by atoms with E-state index in [2.05, 4.69) is 0 Å². The topological polar surface area (TPSA) is 27.7 Å². The first-order chi connectivity index (χ1) is 4.41. The van der Waals surface area contributed by atoms with Gasteiger partial charge in [-0.1, -0.05) is 0 Å². The molecule has 0 aliphatic carbocycles. The second-order valence-electron chi connectivity index (χ2n) is 1.60. The third-order valence-electron chi connectivity index (χ3n) is 0.864. The van der Waals surface area contributed by atoms with E-state index < -0.39 is 0 Å². The number of hydrogen-bond donors (Lipinski definition) is 0. The Kier molecular flexibility index (Phi) is 16.6. The molecule has 0 spiro atoms. The van der Waals surface area contributed by atoms with Crippen LogP contribution < -0.4 is 0 Å². The van der Waals surface area contributed by atoms with Crippen molar-refractivity contribution in [1.82, 2.24) is 0 Å². The van der Waals surface area contributed by atoms with Crippen molar-refractivity contribution in [1.29, 1.82) is 0 Å². The van der Waals surface area contributed by atoms with Crippen LogP contribution in [-0.4, -0.2) is 40.6 Å². The zero-order valence-corrected chi connectivity index (χ0v) is 8.43. The van der Waals surface area contributed by atoms with Crippen LogP contribution in [0.15, 0.2) is 0 Å². The molecule has 0 aromatic carbocycles. The molecule has 0 heterocycles. The average molecular weight is 179 g/mol. The Balaban J connectivity index is 0. The monoisotopic (exact) mass is 179 g/mol. The summed E-state index contributed by atoms with van der Waals surface area (Å²) in [7, 11) is 3.30. The molecule has 1 radical (unpaired) electrons. The summed E-state index contributed by atoms with van der Waals surface area (Å²) >= 11 is 0. The molecule has 0 aromatic heterocycles. The second-order valence-corrected chi connectivity index (χ2v) is 1.60. The van der Waals surface area contributed by atoms with E-state index in [0.29, 0.717) is 26.4 Å². The molecule has 0 aliphatic heterocycles. The normalized spacial score (nSPS) is 9.00. The minimum absolute atomic E-state index is 0. The van der Waals surface area contributed by atoms with Crippen molar-refractivity contribution < 1.29 is 40.1 Å². The van der Waals surface area contributed by atoms with Crippen LogP contribution in [0.3, 0.4) is 0 Å². The Bertz CT molecular complexity index is 46.3. The number of rotatable bonds is 6. The van der Waals surface area contributed by atoms with Gasteiger partial charge in [0.2, 0.25) is 0 Å². The summed E-state index contributed by atoms with van der Waals surface area (Å²) in [6.45, 7) is 2.62. The molecule has 0 atom stereocenters. The number of hydrogen-bond acceptors (Lipinski definition) is 3. The zero-order valence-electron chi connectivity index (χ0n) is 6.63. The van der Waals surface area contributed by atoms with Gasteiger partial charge in [-0.25, -0.2) is 0 Å². The largest absolute Gasteiger partial charge is 0.382 e. The van der Waals surface area contributed by atoms with Crippen molar-refractivity contribution in [2.24, 2.45) is 0 Å². The summed E-state index contributed by atoms with van der Waals surface area (Å²) in [5.41, 5.74) is 0. The van der Waals surface area contributed by atoms with Crippen LogP contribution in [0.4, 0.5) is 0 Å². The van der Waals surface area contributed by atoms with Crippen molar-refractivity contribution in [3.05, 3.63) is 0 Å². The van der Waals surface area contributed by atoms with Crippen LogP contribution in [0.2, 0.25) is 0 Å². The molecule has 0 rings (SSSR count). The van der Waals surface area contributed by atoms with Crippen LogP contribution in [0.25, 0.3) is 0 Å². The molecule has 0 bridgehead atoms. The first-order valence-electron chi connectivity index (χ1n) is 2.97. The summed E-state index contributed by atoms with van der Waals surface area (Å²) < 4.78 is 14.6. The maximum Gasteiger partial charge on any atom is 0.0701 e. The minimum atomic E-state index is 0. The minimum Gasteiger partial charge on any atom is -0.382 e. The fourth-order valence-electron chi connectivity index (χ4n) is 0.387. The maximum absolute atomic E-state index is 5.06. The Labute approximate surface area is 80.8 Å². The Morgan fingerprint density at radius 2 is 1.20 bits per heavy atom. The fourth-order valence-corrected chi connectivity index (χ4v) is 0.387. The molecule has 0 N–H and O–H groups in total. The Morgan fingerprint density at radius 1 is 0.800 bits per heavy atom. The van der Waals surface area contributed by atoms with Gasteiger partial charge in [-0.2, -0.15) is 0 Å². The van der Waals surface area contributed by atoms with Crippen LogP contribution in [0, 0.1) is 0 Å². The van der Waals surface area contributed by atoms with Gasteiger partial charge in [0.05, 0.1) is 26.4 Å². The van der Waals surface area contributed by atoms with Crippen molar-refractivity contribution in [2.75, 3.05) is 40.6 Å². The standard InChI is InChI=1S/C6H14O3.Sc/c1-7-3-5-9-6-4-8-2;/h3-6H2,1-2H3;. The average Bonchev–Trinajstić information content (AvgIpc) is 1.89. The summed E-state index contributed by atoms with van der Waals surface area (Å²) in [4.78, 5) is 0. The van der Waals surface area contributed by atoms with E-state index in [1.807, 2.05) is 0 Å². The van der Waals surface area contributed by atoms with Crippen LogP contribution in [-0.2, 0) is 40.1 Å². The third kappa shape index (κ3) is 11.5. The van der Waals surface area contributed by atoms with E-state index in [0.717, 1.165) is 0 Å². The maximum atomic E-state index is 5.06. The van der Waals surface area contributed by atoms with Crippen molar-refractivity contribution in [3.63, 3.8) is 0 Å². The van der Waals surface area contributed by atoms with Crippen LogP contribution in [0.1, 0.15) is 0 Å². The molecule has 3 nitrogen and oxygen atoms in total. The summed E-state index contributed by atoms with van der Waals surface area (Å²) in [6.07, 6.45) is 0. The number of ether oxygens (including phenoxy) is 3. The first kappa shape index (κ1) is 13.3. The van der Waals surface area contributed by atoms with E-state index in [-0.39, 0.29) is 25.8 Å². The zero-order chi connectivity index (χ0) is 6.95. The fraction of sp³-hybridized carbons (Fsp3) is 1.00. The molecule has 0 saturated heterocycles. The summed E-state index contributed by atoms with van der Waals surface area (Å²) in [5, 5.41) is 0. The predicted octanol–water partition coefficient (Wildman–Crippen LogP) is 0.293. The van der Waals surface area contributed by atoms with Gasteiger partial charge in [0.1, 0.15) is 0 Å². The third-order valence-corrected chi connectivity index (χ3v) is 0.864. The van der Waals surface area contributed by atoms with E-state index >= 15 is 0 Å². The van der Waals surface area contributed by atoms with Gasteiger partial charge in [-0.3, -0.25) is 0 Å². The van der Waals surface area contributed by atoms with E-state index in [4.69, 9.17) is 14.2 Å². The SMILES string of the molecule is COCCOCCOC.[Sc]. The van der Waals surface area contributed by atoms with Gasteiger partial charge >= 0.3 is 0 Å². The molecule has 0 unspecified atom stereocenters. The molecule has 0 saturated carbocycles. The Morgan fingerprint density at radius 3 is 1.50 bits per heavy atom. The van der Waals surface area contributed by atoms with Gasteiger partial charge in [-0.15, -0.1) is 0 Å². The molecular formula is C6H14O3Sc. The van der Waals surface area contributed by atoms with Gasteiger partial charge in [-0.05, 0) is 0 Å². The smallest absolute Gasteiger partial charge is 0.0701 e. The predicted molar refractivity (Wildman–Crippen MR) is 34.6 cm³/mol. The molecule has 0 fully saturated rings. The van der Waals surface area contributed by atoms with Crippen molar-refractivity contribution in [3.8, 4) is 0 Å². The van der Waals surface area contributed by atoms with Gasteiger partial charge in [0, 0.05) is 40.1 Å². The first-order valence-corrected chi connectivity index (χ1v) is 2.97. The summed E-state index contributed by atoms with van der Waals surface area (Å²) in [6, 6.07) is 0. The molecule has 0 aliphatic rings. The Hall–Kier alpha value is 0.750. The van der Waals surface area contributed by atoms with Gasteiger partial charge < -0.3 is 14.2 Å². The second kappa shape index (κ2) is 12.4. The van der Waals surface area contributed by atoms with Crippen molar-refractivity contribution >= 4 is 0 Å². The molecular weight excluding hydrogens is 165 g/mol. The van der Waals surface area contributed by atoms with Gasteiger partial charge in [0.15, 0.2) is 0 Å². The van der Waals surface area contributed by atoms with Crippen LogP contribution in [0.5, 0.6) is 0 Å². The van der Waals surface area contributed by atoms with E-state index in [1.54, 1.807) is 14.2 Å². The van der Waals surface area contributed by atoms with Gasteiger partial charge in [0.25, 0.3) is 0 Å². The molecule has 0 aromatic rings. The molecule has 59 valence electrons. The van der Waals surface area contributed by atoms with Crippen molar-refractivity contribution in [2.45, 2.75) is 0 Å². The molecule has 10 heavy (non-hydrogen) atoms. The molecule has 0 amide bonds. The quantitative estimate of drug-likeness (QED) is 0.548. The summed E-state index contributed by atoms with van der Waals surface area (Å²) in [5.74, 6) is 0. The molecule has 4 heteroatoms. The van der Waals surface area contributed by atoms with E-state index in [1.165, 1.54) is 0 Å². The van der Waals surface area contributed by atoms with Crippen LogP contribution >= 0.6 is 0 Å².